The number of hydrogen-bond donors (Lipinski definition) is 0. The lowest BCUT2D eigenvalue weighted by atomic mass is 10.0. The predicted octanol–water partition coefficient (Wildman–Crippen LogP) is 6.58. The number of benzene rings is 3. The molecule has 2 aromatic heterocycles. The summed E-state index contributed by atoms with van der Waals surface area (Å²) in [5.41, 5.74) is 4.95. The predicted molar refractivity (Wildman–Crippen MR) is 130 cm³/mol. The molecule has 0 aliphatic carbocycles. The quantitative estimate of drug-likeness (QED) is 0.298. The zero-order chi connectivity index (χ0) is 21.4. The highest BCUT2D eigenvalue weighted by Crippen LogP contribution is 2.31. The van der Waals surface area contributed by atoms with Gasteiger partial charge in [0.25, 0.3) is 0 Å². The first-order valence-electron chi connectivity index (χ1n) is 10.5. The molecule has 5 rings (SSSR count). The Morgan fingerprint density at radius 2 is 1.65 bits per heavy atom. The van der Waals surface area contributed by atoms with E-state index in [0.29, 0.717) is 16.2 Å². The van der Waals surface area contributed by atoms with Crippen molar-refractivity contribution in [1.29, 1.82) is 0 Å². The second kappa shape index (κ2) is 8.00. The molecule has 2 heterocycles. The molecule has 0 fully saturated rings. The average Bonchev–Trinajstić information content (AvgIpc) is 3.23. The molecule has 0 bridgehead atoms. The largest absolute Gasteiger partial charge is 0.422 e. The molecule has 0 aliphatic heterocycles. The van der Waals surface area contributed by atoms with E-state index in [-0.39, 0.29) is 5.63 Å². The summed E-state index contributed by atoms with van der Waals surface area (Å²) in [7, 11) is 0. The fourth-order valence-corrected chi connectivity index (χ4v) is 4.85. The maximum absolute atomic E-state index is 12.7. The highest BCUT2D eigenvalue weighted by Gasteiger charge is 2.13. The number of para-hydroxylation sites is 1. The SMILES string of the molecule is CCN(CC)c1ccc(-c2ccc3cc(-c4nc5ccccc5s4)c(=O)oc3c2)cc1. The number of nitrogens with zero attached hydrogens (tertiary/aromatic N) is 2. The Labute approximate surface area is 184 Å². The van der Waals surface area contributed by atoms with Crippen molar-refractivity contribution in [1.82, 2.24) is 4.98 Å². The monoisotopic (exact) mass is 426 g/mol. The fraction of sp³-hybridized carbons (Fsp3) is 0.154. The summed E-state index contributed by atoms with van der Waals surface area (Å²) in [6, 6.07) is 24.3. The van der Waals surface area contributed by atoms with Crippen molar-refractivity contribution in [2.24, 2.45) is 0 Å². The molecule has 4 nitrogen and oxygen atoms in total. The first-order chi connectivity index (χ1) is 15.2. The van der Waals surface area contributed by atoms with E-state index in [1.165, 1.54) is 17.0 Å². The number of hydrogen-bond acceptors (Lipinski definition) is 5. The highest BCUT2D eigenvalue weighted by atomic mass is 32.1. The van der Waals surface area contributed by atoms with Gasteiger partial charge in [0.2, 0.25) is 0 Å². The van der Waals surface area contributed by atoms with Crippen LogP contribution in [-0.4, -0.2) is 18.1 Å². The van der Waals surface area contributed by atoms with Crippen LogP contribution in [0.4, 0.5) is 5.69 Å². The summed E-state index contributed by atoms with van der Waals surface area (Å²) in [4.78, 5) is 19.7. The van der Waals surface area contributed by atoms with Crippen LogP contribution in [0.25, 0.3) is 42.9 Å². The van der Waals surface area contributed by atoms with E-state index in [4.69, 9.17) is 4.42 Å². The van der Waals surface area contributed by atoms with Crippen molar-refractivity contribution in [3.63, 3.8) is 0 Å². The average molecular weight is 427 g/mol. The number of fused-ring (bicyclic) bond motifs is 2. The number of thiazole rings is 1. The second-order valence-electron chi connectivity index (χ2n) is 7.41. The molecule has 0 aliphatic rings. The maximum Gasteiger partial charge on any atom is 0.346 e. The Morgan fingerprint density at radius 3 is 2.39 bits per heavy atom. The van der Waals surface area contributed by atoms with Gasteiger partial charge in [-0.25, -0.2) is 9.78 Å². The van der Waals surface area contributed by atoms with Crippen LogP contribution in [0, 0.1) is 0 Å². The minimum atomic E-state index is -0.361. The molecule has 5 heteroatoms. The zero-order valence-corrected chi connectivity index (χ0v) is 18.3. The highest BCUT2D eigenvalue weighted by molar-refractivity contribution is 7.21. The van der Waals surface area contributed by atoms with Gasteiger partial charge in [0, 0.05) is 24.2 Å². The summed E-state index contributed by atoms with van der Waals surface area (Å²) in [5, 5.41) is 1.57. The van der Waals surface area contributed by atoms with Gasteiger partial charge < -0.3 is 9.32 Å². The minimum Gasteiger partial charge on any atom is -0.422 e. The summed E-state index contributed by atoms with van der Waals surface area (Å²) in [6.07, 6.45) is 0. The Morgan fingerprint density at radius 1 is 0.903 bits per heavy atom. The van der Waals surface area contributed by atoms with Gasteiger partial charge in [0.15, 0.2) is 0 Å². The second-order valence-corrected chi connectivity index (χ2v) is 8.44. The van der Waals surface area contributed by atoms with Gasteiger partial charge in [-0.1, -0.05) is 36.4 Å². The van der Waals surface area contributed by atoms with Crippen LogP contribution in [-0.2, 0) is 0 Å². The van der Waals surface area contributed by atoms with Gasteiger partial charge in [-0.2, -0.15) is 0 Å². The lowest BCUT2D eigenvalue weighted by Gasteiger charge is -2.21. The molecule has 0 saturated carbocycles. The van der Waals surface area contributed by atoms with E-state index >= 15 is 0 Å². The third-order valence-electron chi connectivity index (χ3n) is 5.59. The third kappa shape index (κ3) is 3.62. The van der Waals surface area contributed by atoms with Crippen molar-refractivity contribution in [3.05, 3.63) is 83.2 Å². The van der Waals surface area contributed by atoms with Gasteiger partial charge >= 0.3 is 5.63 Å². The maximum atomic E-state index is 12.7. The Bertz CT molecular complexity index is 1400. The fourth-order valence-electron chi connectivity index (χ4n) is 3.88. The number of anilines is 1. The molecule has 0 spiro atoms. The van der Waals surface area contributed by atoms with Gasteiger partial charge in [-0.15, -0.1) is 11.3 Å². The van der Waals surface area contributed by atoms with Crippen LogP contribution in [0.1, 0.15) is 13.8 Å². The van der Waals surface area contributed by atoms with Crippen LogP contribution < -0.4 is 10.5 Å². The Balaban J connectivity index is 1.52. The smallest absolute Gasteiger partial charge is 0.346 e. The summed E-state index contributed by atoms with van der Waals surface area (Å²) >= 11 is 1.51. The van der Waals surface area contributed by atoms with E-state index in [0.717, 1.165) is 39.8 Å². The standard InChI is InChI=1S/C26H22N2O2S/c1-3-28(4-2)20-13-11-17(12-14-20)18-9-10-19-15-21(26(29)30-23(19)16-18)25-27-22-7-5-6-8-24(22)31-25/h5-16H,3-4H2,1-2H3. The summed E-state index contributed by atoms with van der Waals surface area (Å²) in [6.45, 7) is 6.28. The summed E-state index contributed by atoms with van der Waals surface area (Å²) in [5.74, 6) is 0. The first-order valence-corrected chi connectivity index (χ1v) is 11.3. The normalized spacial score (nSPS) is 11.3. The molecule has 5 aromatic rings. The zero-order valence-electron chi connectivity index (χ0n) is 17.5. The first kappa shape index (κ1) is 19.5. The minimum absolute atomic E-state index is 0.361. The molecule has 0 radical (unpaired) electrons. The molecular weight excluding hydrogens is 404 g/mol. The molecule has 0 saturated heterocycles. The third-order valence-corrected chi connectivity index (χ3v) is 6.66. The lowest BCUT2D eigenvalue weighted by Crippen LogP contribution is -2.21. The Kier molecular flexibility index (Phi) is 5.04. The number of aromatic nitrogens is 1. The van der Waals surface area contributed by atoms with Crippen LogP contribution in [0.3, 0.4) is 0 Å². The van der Waals surface area contributed by atoms with Crippen LogP contribution in [0.15, 0.2) is 82.0 Å². The van der Waals surface area contributed by atoms with Crippen LogP contribution in [0.2, 0.25) is 0 Å². The summed E-state index contributed by atoms with van der Waals surface area (Å²) < 4.78 is 6.76. The van der Waals surface area contributed by atoms with Gasteiger partial charge in [0.05, 0.1) is 15.8 Å². The van der Waals surface area contributed by atoms with Crippen molar-refractivity contribution in [2.75, 3.05) is 18.0 Å². The van der Waals surface area contributed by atoms with E-state index in [2.05, 4.69) is 54.1 Å². The van der Waals surface area contributed by atoms with Gasteiger partial charge in [0.1, 0.15) is 10.6 Å². The molecule has 0 N–H and O–H groups in total. The van der Waals surface area contributed by atoms with Crippen molar-refractivity contribution in [2.45, 2.75) is 13.8 Å². The van der Waals surface area contributed by atoms with Crippen LogP contribution in [0.5, 0.6) is 0 Å². The van der Waals surface area contributed by atoms with E-state index in [1.807, 2.05) is 42.5 Å². The molecular formula is C26H22N2O2S. The molecule has 31 heavy (non-hydrogen) atoms. The topological polar surface area (TPSA) is 46.3 Å². The molecule has 0 atom stereocenters. The van der Waals surface area contributed by atoms with Gasteiger partial charge in [-0.3, -0.25) is 0 Å². The van der Waals surface area contributed by atoms with E-state index < -0.39 is 0 Å². The Hall–Kier alpha value is -3.44. The number of rotatable bonds is 5. The van der Waals surface area contributed by atoms with Crippen molar-refractivity contribution >= 4 is 38.2 Å². The van der Waals surface area contributed by atoms with Gasteiger partial charge in [-0.05, 0) is 61.4 Å². The molecule has 0 unspecified atom stereocenters. The molecule has 154 valence electrons. The van der Waals surface area contributed by atoms with Crippen molar-refractivity contribution in [3.8, 4) is 21.7 Å². The van der Waals surface area contributed by atoms with Crippen molar-refractivity contribution < 1.29 is 4.42 Å². The molecule has 0 amide bonds. The van der Waals surface area contributed by atoms with E-state index in [9.17, 15) is 4.79 Å². The van der Waals surface area contributed by atoms with E-state index in [1.54, 1.807) is 0 Å². The lowest BCUT2D eigenvalue weighted by molar-refractivity contribution is 0.563. The van der Waals surface area contributed by atoms with Crippen LogP contribution >= 0.6 is 11.3 Å². The molecule has 3 aromatic carbocycles.